The number of ether oxygens (including phenoxy) is 1. The smallest absolute Gasteiger partial charge is 0.240 e. The molecule has 2 N–H and O–H groups in total. The zero-order chi connectivity index (χ0) is 18.3. The summed E-state index contributed by atoms with van der Waals surface area (Å²) in [4.78, 5) is 0.175. The van der Waals surface area contributed by atoms with Crippen molar-refractivity contribution in [1.82, 2.24) is 4.72 Å². The minimum atomic E-state index is -3.72. The molecule has 0 aromatic heterocycles. The van der Waals surface area contributed by atoms with Crippen LogP contribution in [0.5, 0.6) is 0 Å². The van der Waals surface area contributed by atoms with Gasteiger partial charge in [0.25, 0.3) is 0 Å². The molecule has 0 spiro atoms. The molecular formula is C19H25NO4S. The molecule has 0 saturated carbocycles. The highest BCUT2D eigenvalue weighted by Gasteiger charge is 2.25. The van der Waals surface area contributed by atoms with Crippen LogP contribution in [0.4, 0.5) is 0 Å². The Morgan fingerprint density at radius 1 is 1.08 bits per heavy atom. The van der Waals surface area contributed by atoms with Gasteiger partial charge in [-0.25, -0.2) is 13.1 Å². The zero-order valence-corrected chi connectivity index (χ0v) is 15.4. The van der Waals surface area contributed by atoms with Crippen molar-refractivity contribution in [3.63, 3.8) is 0 Å². The lowest BCUT2D eigenvalue weighted by Crippen LogP contribution is -2.46. The van der Waals surface area contributed by atoms with Gasteiger partial charge in [-0.15, -0.1) is 0 Å². The second-order valence-corrected chi connectivity index (χ2v) is 7.73. The van der Waals surface area contributed by atoms with Crippen molar-refractivity contribution < 1.29 is 18.3 Å². The highest BCUT2D eigenvalue weighted by atomic mass is 32.2. The van der Waals surface area contributed by atoms with E-state index in [1.54, 1.807) is 31.2 Å². The van der Waals surface area contributed by atoms with Crippen LogP contribution in [0.2, 0.25) is 0 Å². The van der Waals surface area contributed by atoms with Crippen LogP contribution < -0.4 is 4.72 Å². The van der Waals surface area contributed by atoms with Crippen molar-refractivity contribution in [3.05, 3.63) is 65.7 Å². The average Bonchev–Trinajstić information content (AvgIpc) is 2.61. The van der Waals surface area contributed by atoms with Crippen LogP contribution in [0, 0.1) is 6.92 Å². The summed E-state index contributed by atoms with van der Waals surface area (Å²) in [5, 5.41) is 10.2. The van der Waals surface area contributed by atoms with Crippen LogP contribution in [0.25, 0.3) is 0 Å². The van der Waals surface area contributed by atoms with Crippen LogP contribution in [0.1, 0.15) is 24.5 Å². The standard InChI is InChI=1S/C19H25NO4S/c1-3-19(21)18(14-24-13-16-7-5-4-6-8-16)20-25(22,23)17-11-9-15(2)10-12-17/h4-12,18-21H,3,13-14H2,1-2H3/t18-,19-/m0/s1. The molecule has 6 heteroatoms. The van der Waals surface area contributed by atoms with Gasteiger partial charge < -0.3 is 9.84 Å². The monoisotopic (exact) mass is 363 g/mol. The first-order chi connectivity index (χ1) is 11.9. The second-order valence-electron chi connectivity index (χ2n) is 6.02. The Hall–Kier alpha value is -1.73. The zero-order valence-electron chi connectivity index (χ0n) is 14.6. The Kier molecular flexibility index (Phi) is 7.13. The second kappa shape index (κ2) is 9.10. The van der Waals surface area contributed by atoms with Gasteiger partial charge in [-0.1, -0.05) is 55.0 Å². The number of hydrogen-bond acceptors (Lipinski definition) is 4. The fourth-order valence-electron chi connectivity index (χ4n) is 2.37. The molecule has 0 fully saturated rings. The Bertz CT molecular complexity index is 745. The molecule has 136 valence electrons. The molecular weight excluding hydrogens is 338 g/mol. The maximum absolute atomic E-state index is 12.5. The number of aliphatic hydroxyl groups excluding tert-OH is 1. The van der Waals surface area contributed by atoms with Crippen molar-refractivity contribution >= 4 is 10.0 Å². The topological polar surface area (TPSA) is 75.6 Å². The maximum atomic E-state index is 12.5. The summed E-state index contributed by atoms with van der Waals surface area (Å²) in [7, 11) is -3.72. The summed E-state index contributed by atoms with van der Waals surface area (Å²) in [5.74, 6) is 0. The normalized spacial score (nSPS) is 14.2. The lowest BCUT2D eigenvalue weighted by atomic mass is 10.1. The Balaban J connectivity index is 2.02. The van der Waals surface area contributed by atoms with Gasteiger partial charge in [-0.3, -0.25) is 0 Å². The van der Waals surface area contributed by atoms with Crippen molar-refractivity contribution in [2.75, 3.05) is 6.61 Å². The van der Waals surface area contributed by atoms with Gasteiger partial charge in [0.1, 0.15) is 0 Å². The van der Waals surface area contributed by atoms with E-state index in [9.17, 15) is 13.5 Å². The quantitative estimate of drug-likeness (QED) is 0.718. The molecule has 0 radical (unpaired) electrons. The van der Waals surface area contributed by atoms with Crippen molar-refractivity contribution in [1.29, 1.82) is 0 Å². The van der Waals surface area contributed by atoms with Crippen LogP contribution in [0.3, 0.4) is 0 Å². The Morgan fingerprint density at radius 2 is 1.72 bits per heavy atom. The molecule has 2 aromatic carbocycles. The summed E-state index contributed by atoms with van der Waals surface area (Å²) in [6.45, 7) is 4.15. The third-order valence-corrected chi connectivity index (χ3v) is 5.44. The molecule has 0 aliphatic carbocycles. The van der Waals surface area contributed by atoms with E-state index >= 15 is 0 Å². The van der Waals surface area contributed by atoms with Crippen LogP contribution in [-0.2, 0) is 21.4 Å². The number of hydrogen-bond donors (Lipinski definition) is 2. The number of rotatable bonds is 9. The van der Waals surface area contributed by atoms with Crippen LogP contribution >= 0.6 is 0 Å². The molecule has 0 amide bonds. The summed E-state index contributed by atoms with van der Waals surface area (Å²) in [6, 6.07) is 15.5. The van der Waals surface area contributed by atoms with E-state index in [2.05, 4.69) is 4.72 Å². The summed E-state index contributed by atoms with van der Waals surface area (Å²) in [6.07, 6.45) is -0.397. The van der Waals surface area contributed by atoms with E-state index < -0.39 is 22.2 Å². The molecule has 0 heterocycles. The molecule has 0 saturated heterocycles. The molecule has 5 nitrogen and oxygen atoms in total. The third-order valence-electron chi connectivity index (χ3n) is 3.93. The van der Waals surface area contributed by atoms with E-state index in [1.165, 1.54) is 0 Å². The Labute approximate surface area is 149 Å². The molecule has 25 heavy (non-hydrogen) atoms. The SMILES string of the molecule is CC[C@H](O)[C@H](COCc1ccccc1)NS(=O)(=O)c1ccc(C)cc1. The predicted octanol–water partition coefficient (Wildman–Crippen LogP) is 2.63. The number of benzene rings is 2. The van der Waals surface area contributed by atoms with Crippen molar-refractivity contribution in [3.8, 4) is 0 Å². The number of sulfonamides is 1. The Morgan fingerprint density at radius 3 is 2.32 bits per heavy atom. The highest BCUT2D eigenvalue weighted by Crippen LogP contribution is 2.13. The van der Waals surface area contributed by atoms with Crippen molar-refractivity contribution in [2.45, 2.75) is 43.9 Å². The molecule has 2 atom stereocenters. The van der Waals surface area contributed by atoms with Gasteiger partial charge in [0.2, 0.25) is 10.0 Å². The average molecular weight is 363 g/mol. The molecule has 0 unspecified atom stereocenters. The van der Waals surface area contributed by atoms with E-state index in [4.69, 9.17) is 4.74 Å². The number of aryl methyl sites for hydroxylation is 1. The van der Waals surface area contributed by atoms with Gasteiger partial charge in [-0.05, 0) is 31.0 Å². The van der Waals surface area contributed by atoms with Crippen LogP contribution in [-0.4, -0.2) is 32.3 Å². The summed E-state index contributed by atoms with van der Waals surface area (Å²) < 4.78 is 33.2. The molecule has 2 rings (SSSR count). The van der Waals surface area contributed by atoms with E-state index in [0.717, 1.165) is 11.1 Å². The van der Waals surface area contributed by atoms with Gasteiger partial charge >= 0.3 is 0 Å². The predicted molar refractivity (Wildman–Crippen MR) is 97.7 cm³/mol. The summed E-state index contributed by atoms with van der Waals surface area (Å²) >= 11 is 0. The lowest BCUT2D eigenvalue weighted by Gasteiger charge is -2.23. The largest absolute Gasteiger partial charge is 0.391 e. The lowest BCUT2D eigenvalue weighted by molar-refractivity contribution is 0.0477. The molecule has 0 aliphatic heterocycles. The van der Waals surface area contributed by atoms with E-state index in [-0.39, 0.29) is 11.5 Å². The van der Waals surface area contributed by atoms with Gasteiger partial charge in [0.15, 0.2) is 0 Å². The highest BCUT2D eigenvalue weighted by molar-refractivity contribution is 7.89. The first-order valence-corrected chi connectivity index (χ1v) is 9.79. The van der Waals surface area contributed by atoms with Gasteiger partial charge in [0, 0.05) is 0 Å². The number of nitrogens with one attached hydrogen (secondary N) is 1. The fraction of sp³-hybridized carbons (Fsp3) is 0.368. The number of aliphatic hydroxyl groups is 1. The van der Waals surface area contributed by atoms with Crippen LogP contribution in [0.15, 0.2) is 59.5 Å². The maximum Gasteiger partial charge on any atom is 0.240 e. The molecule has 2 aromatic rings. The first-order valence-electron chi connectivity index (χ1n) is 8.31. The minimum absolute atomic E-state index is 0.0923. The first kappa shape index (κ1) is 19.6. The molecule has 0 aliphatic rings. The summed E-state index contributed by atoms with van der Waals surface area (Å²) in [5.41, 5.74) is 1.98. The van der Waals surface area contributed by atoms with Crippen molar-refractivity contribution in [2.24, 2.45) is 0 Å². The fourth-order valence-corrected chi connectivity index (χ4v) is 3.63. The minimum Gasteiger partial charge on any atom is -0.391 e. The van der Waals surface area contributed by atoms with E-state index in [1.807, 2.05) is 37.3 Å². The molecule has 0 bridgehead atoms. The third kappa shape index (κ3) is 5.93. The van der Waals surface area contributed by atoms with E-state index in [0.29, 0.717) is 13.0 Å². The van der Waals surface area contributed by atoms with Gasteiger partial charge in [-0.2, -0.15) is 0 Å². The van der Waals surface area contributed by atoms with Gasteiger partial charge in [0.05, 0.1) is 30.3 Å².